The van der Waals surface area contributed by atoms with Crippen molar-refractivity contribution >= 4 is 5.78 Å². The minimum atomic E-state index is -0.815. The fourth-order valence-electron chi connectivity index (χ4n) is 1.34. The monoisotopic (exact) mass is 184 g/mol. The third-order valence-electron chi connectivity index (χ3n) is 2.22. The molecule has 1 N–H and O–H groups in total. The van der Waals surface area contributed by atoms with Crippen LogP contribution >= 0.6 is 0 Å². The molecule has 0 spiro atoms. The van der Waals surface area contributed by atoms with Crippen LogP contribution in [0.2, 0.25) is 0 Å². The van der Waals surface area contributed by atoms with E-state index < -0.39 is 6.10 Å². The van der Waals surface area contributed by atoms with Gasteiger partial charge < -0.3 is 5.11 Å². The number of ketones is 1. The van der Waals surface area contributed by atoms with Crippen LogP contribution in [0.25, 0.3) is 0 Å². The molecule has 0 aliphatic carbocycles. The van der Waals surface area contributed by atoms with Gasteiger partial charge in [-0.3, -0.25) is 4.79 Å². The summed E-state index contributed by atoms with van der Waals surface area (Å²) in [5, 5.41) is 9.63. The molecular formula is C11H20O2. The standard InChI is InChI=1S/C11H20O2/c1-5-9(6-2)11(13)10(12)7-8(3)4/h7,9,11,13H,5-6H2,1-4H3. The minimum absolute atomic E-state index is 0.100. The lowest BCUT2D eigenvalue weighted by Crippen LogP contribution is -2.27. The number of hydrogen-bond donors (Lipinski definition) is 1. The second-order valence-corrected chi connectivity index (χ2v) is 3.65. The van der Waals surface area contributed by atoms with Crippen molar-refractivity contribution in [1.29, 1.82) is 0 Å². The van der Waals surface area contributed by atoms with E-state index in [2.05, 4.69) is 0 Å². The van der Waals surface area contributed by atoms with Gasteiger partial charge in [0.15, 0.2) is 5.78 Å². The fourth-order valence-corrected chi connectivity index (χ4v) is 1.34. The predicted octanol–water partition coefficient (Wildman–Crippen LogP) is 2.32. The molecule has 2 nitrogen and oxygen atoms in total. The largest absolute Gasteiger partial charge is 0.385 e. The summed E-state index contributed by atoms with van der Waals surface area (Å²) in [5.74, 6) is -0.0585. The van der Waals surface area contributed by atoms with Crippen molar-refractivity contribution in [3.8, 4) is 0 Å². The molecular weight excluding hydrogens is 164 g/mol. The molecule has 0 aliphatic rings. The minimum Gasteiger partial charge on any atom is -0.385 e. The van der Waals surface area contributed by atoms with Gasteiger partial charge in [-0.2, -0.15) is 0 Å². The van der Waals surface area contributed by atoms with Gasteiger partial charge in [0.25, 0.3) is 0 Å². The Bertz CT molecular complexity index is 186. The van der Waals surface area contributed by atoms with E-state index in [1.54, 1.807) is 0 Å². The van der Waals surface area contributed by atoms with Gasteiger partial charge in [0.1, 0.15) is 6.10 Å². The molecule has 0 saturated carbocycles. The van der Waals surface area contributed by atoms with E-state index in [4.69, 9.17) is 0 Å². The molecule has 13 heavy (non-hydrogen) atoms. The Kier molecular flexibility index (Phi) is 5.63. The highest BCUT2D eigenvalue weighted by molar-refractivity contribution is 5.94. The lowest BCUT2D eigenvalue weighted by atomic mass is 9.93. The zero-order valence-corrected chi connectivity index (χ0v) is 9.00. The van der Waals surface area contributed by atoms with E-state index in [0.29, 0.717) is 0 Å². The second kappa shape index (κ2) is 5.92. The fraction of sp³-hybridized carbons (Fsp3) is 0.727. The zero-order chi connectivity index (χ0) is 10.4. The van der Waals surface area contributed by atoms with Crippen molar-refractivity contribution in [2.75, 3.05) is 0 Å². The summed E-state index contributed by atoms with van der Waals surface area (Å²) < 4.78 is 0. The van der Waals surface area contributed by atoms with Gasteiger partial charge >= 0.3 is 0 Å². The molecule has 0 saturated heterocycles. The van der Waals surface area contributed by atoms with Crippen LogP contribution in [-0.2, 0) is 4.79 Å². The van der Waals surface area contributed by atoms with Crippen LogP contribution in [0.4, 0.5) is 0 Å². The van der Waals surface area contributed by atoms with Crippen LogP contribution in [0.1, 0.15) is 40.5 Å². The molecule has 0 radical (unpaired) electrons. The predicted molar refractivity (Wildman–Crippen MR) is 54.5 cm³/mol. The van der Waals surface area contributed by atoms with Crippen LogP contribution in [0.5, 0.6) is 0 Å². The number of aliphatic hydroxyl groups is 1. The van der Waals surface area contributed by atoms with Crippen molar-refractivity contribution in [2.24, 2.45) is 5.92 Å². The van der Waals surface area contributed by atoms with E-state index in [1.165, 1.54) is 6.08 Å². The molecule has 0 heterocycles. The molecule has 0 aromatic rings. The molecule has 0 aliphatic heterocycles. The summed E-state index contributed by atoms with van der Waals surface area (Å²) in [5.41, 5.74) is 0.940. The van der Waals surface area contributed by atoms with E-state index in [1.807, 2.05) is 27.7 Å². The normalized spacial score (nSPS) is 12.8. The first-order valence-electron chi connectivity index (χ1n) is 4.89. The number of carbonyl (C=O) groups is 1. The SMILES string of the molecule is CCC(CC)C(O)C(=O)C=C(C)C. The number of rotatable bonds is 5. The molecule has 1 atom stereocenters. The van der Waals surface area contributed by atoms with E-state index in [9.17, 15) is 9.90 Å². The van der Waals surface area contributed by atoms with Crippen LogP contribution < -0.4 is 0 Å². The van der Waals surface area contributed by atoms with E-state index in [-0.39, 0.29) is 11.7 Å². The van der Waals surface area contributed by atoms with Crippen molar-refractivity contribution in [3.05, 3.63) is 11.6 Å². The van der Waals surface area contributed by atoms with Crippen molar-refractivity contribution < 1.29 is 9.90 Å². The third-order valence-corrected chi connectivity index (χ3v) is 2.22. The Morgan fingerprint density at radius 2 is 1.77 bits per heavy atom. The average Bonchev–Trinajstić information content (AvgIpc) is 2.05. The van der Waals surface area contributed by atoms with Crippen LogP contribution in [0.15, 0.2) is 11.6 Å². The molecule has 0 rings (SSSR count). The first-order chi connectivity index (χ1) is 6.02. The maximum Gasteiger partial charge on any atom is 0.184 e. The number of aliphatic hydroxyl groups excluding tert-OH is 1. The molecule has 1 unspecified atom stereocenters. The van der Waals surface area contributed by atoms with Gasteiger partial charge in [0, 0.05) is 0 Å². The highest BCUT2D eigenvalue weighted by Crippen LogP contribution is 2.14. The lowest BCUT2D eigenvalue weighted by molar-refractivity contribution is -0.125. The average molecular weight is 184 g/mol. The topological polar surface area (TPSA) is 37.3 Å². The smallest absolute Gasteiger partial charge is 0.184 e. The highest BCUT2D eigenvalue weighted by atomic mass is 16.3. The third kappa shape index (κ3) is 4.23. The van der Waals surface area contributed by atoms with E-state index >= 15 is 0 Å². The van der Waals surface area contributed by atoms with Gasteiger partial charge in [-0.1, -0.05) is 32.3 Å². The summed E-state index contributed by atoms with van der Waals surface area (Å²) in [7, 11) is 0. The number of allylic oxidation sites excluding steroid dienone is 1. The Morgan fingerprint density at radius 1 is 1.31 bits per heavy atom. The second-order valence-electron chi connectivity index (χ2n) is 3.65. The van der Waals surface area contributed by atoms with Gasteiger partial charge in [-0.15, -0.1) is 0 Å². The van der Waals surface area contributed by atoms with Crippen LogP contribution in [0, 0.1) is 5.92 Å². The van der Waals surface area contributed by atoms with Gasteiger partial charge in [0.05, 0.1) is 0 Å². The lowest BCUT2D eigenvalue weighted by Gasteiger charge is -2.17. The zero-order valence-electron chi connectivity index (χ0n) is 9.00. The van der Waals surface area contributed by atoms with Crippen molar-refractivity contribution in [3.63, 3.8) is 0 Å². The molecule has 0 aromatic heterocycles. The Labute approximate surface area is 80.7 Å². The number of hydrogen-bond acceptors (Lipinski definition) is 2. The van der Waals surface area contributed by atoms with Crippen molar-refractivity contribution in [2.45, 2.75) is 46.6 Å². The van der Waals surface area contributed by atoms with E-state index in [0.717, 1.165) is 18.4 Å². The molecule has 0 amide bonds. The quantitative estimate of drug-likeness (QED) is 0.666. The summed E-state index contributed by atoms with van der Waals surface area (Å²) in [6.07, 6.45) is 2.40. The first-order valence-corrected chi connectivity index (χ1v) is 4.89. The van der Waals surface area contributed by atoms with Crippen LogP contribution in [0.3, 0.4) is 0 Å². The summed E-state index contributed by atoms with van der Waals surface area (Å²) >= 11 is 0. The highest BCUT2D eigenvalue weighted by Gasteiger charge is 2.20. The van der Waals surface area contributed by atoms with Gasteiger partial charge in [-0.05, 0) is 25.8 Å². The Balaban J connectivity index is 4.32. The number of carbonyl (C=O) groups excluding carboxylic acids is 1. The van der Waals surface area contributed by atoms with Crippen molar-refractivity contribution in [1.82, 2.24) is 0 Å². The molecule has 0 bridgehead atoms. The van der Waals surface area contributed by atoms with Gasteiger partial charge in [0.2, 0.25) is 0 Å². The van der Waals surface area contributed by atoms with Gasteiger partial charge in [-0.25, -0.2) is 0 Å². The summed E-state index contributed by atoms with van der Waals surface area (Å²) in [4.78, 5) is 11.4. The molecule has 2 heteroatoms. The molecule has 0 aromatic carbocycles. The Morgan fingerprint density at radius 3 is 2.08 bits per heavy atom. The first kappa shape index (κ1) is 12.4. The summed E-state index contributed by atoms with van der Waals surface area (Å²) in [6, 6.07) is 0. The molecule has 0 fully saturated rings. The van der Waals surface area contributed by atoms with Crippen LogP contribution in [-0.4, -0.2) is 17.0 Å². The maximum atomic E-state index is 11.4. The Hall–Kier alpha value is -0.630. The summed E-state index contributed by atoms with van der Waals surface area (Å²) in [6.45, 7) is 7.70. The molecule has 76 valence electrons. The maximum absolute atomic E-state index is 11.4.